The van der Waals surface area contributed by atoms with Crippen LogP contribution in [0.25, 0.3) is 10.9 Å². The van der Waals surface area contributed by atoms with Gasteiger partial charge in [-0.15, -0.1) is 5.69 Å². The average molecular weight is 435 g/mol. The standard InChI is InChI=1S/C23H26N.2ClH.Ti/c1-15-13-17(3)23(18(4)14-15)24-19(5)21-10-6-7-11-22(21)20-12-8-9-16(20)2;;;/h6-11,13-14,19H,12H2,1-5H3;2*1H;/q-1;;;+3/p-2. The zero-order chi connectivity index (χ0) is 17.3. The van der Waals surface area contributed by atoms with Gasteiger partial charge in [0.25, 0.3) is 0 Å². The van der Waals surface area contributed by atoms with Gasteiger partial charge >= 0.3 is 21.7 Å². The molecular weight excluding hydrogens is 409 g/mol. The molecule has 0 aromatic heterocycles. The second-order valence-electron chi connectivity index (χ2n) is 6.91. The van der Waals surface area contributed by atoms with Crippen molar-refractivity contribution in [2.45, 2.75) is 47.1 Å². The normalized spacial score (nSPS) is 13.4. The van der Waals surface area contributed by atoms with Crippen molar-refractivity contribution in [3.63, 3.8) is 0 Å². The topological polar surface area (TPSA) is 14.1 Å². The van der Waals surface area contributed by atoms with Crippen LogP contribution in [0.15, 0.2) is 54.1 Å². The average Bonchev–Trinajstić information content (AvgIpc) is 2.96. The van der Waals surface area contributed by atoms with Gasteiger partial charge in [0.15, 0.2) is 0 Å². The molecule has 3 rings (SSSR count). The first kappa shape index (κ1) is 26.0. The van der Waals surface area contributed by atoms with Crippen LogP contribution >= 0.6 is 0 Å². The van der Waals surface area contributed by atoms with E-state index >= 15 is 0 Å². The number of benzene rings is 2. The van der Waals surface area contributed by atoms with Crippen LogP contribution in [0.1, 0.15) is 54.1 Å². The van der Waals surface area contributed by atoms with Crippen LogP contribution in [0.2, 0.25) is 0 Å². The summed E-state index contributed by atoms with van der Waals surface area (Å²) in [6.45, 7) is 10.9. The molecule has 1 aliphatic rings. The molecule has 0 fully saturated rings. The molecule has 4 heteroatoms. The van der Waals surface area contributed by atoms with E-state index in [2.05, 4.69) is 83.2 Å². The van der Waals surface area contributed by atoms with Crippen molar-refractivity contribution in [1.82, 2.24) is 0 Å². The van der Waals surface area contributed by atoms with Gasteiger partial charge in [-0.05, 0) is 50.8 Å². The van der Waals surface area contributed by atoms with E-state index in [0.29, 0.717) is 0 Å². The molecule has 2 aromatic rings. The minimum atomic E-state index is 0. The summed E-state index contributed by atoms with van der Waals surface area (Å²) in [4.78, 5) is 0. The van der Waals surface area contributed by atoms with Crippen molar-refractivity contribution < 1.29 is 46.5 Å². The molecule has 0 saturated carbocycles. The van der Waals surface area contributed by atoms with Gasteiger partial charge in [0.05, 0.1) is 0 Å². The Kier molecular flexibility index (Phi) is 10.7. The number of rotatable bonds is 4. The van der Waals surface area contributed by atoms with E-state index in [1.165, 1.54) is 39.0 Å². The zero-order valence-electron chi connectivity index (χ0n) is 16.6. The molecule has 1 atom stereocenters. The predicted octanol–water partition coefficient (Wildman–Crippen LogP) is 1.12. The van der Waals surface area contributed by atoms with Crippen LogP contribution in [-0.2, 0) is 21.7 Å². The molecule has 1 aliphatic carbocycles. The third-order valence-electron chi connectivity index (χ3n) is 4.86. The summed E-state index contributed by atoms with van der Waals surface area (Å²) in [5.74, 6) is 0. The third-order valence-corrected chi connectivity index (χ3v) is 4.86. The summed E-state index contributed by atoms with van der Waals surface area (Å²) in [5.41, 5.74) is 10.4. The summed E-state index contributed by atoms with van der Waals surface area (Å²) >= 11 is 0. The van der Waals surface area contributed by atoms with Gasteiger partial charge in [-0.25, -0.2) is 0 Å². The maximum atomic E-state index is 5.08. The summed E-state index contributed by atoms with van der Waals surface area (Å²) < 4.78 is 0. The molecule has 0 amide bonds. The molecular formula is C23H26Cl2NTi. The second-order valence-corrected chi connectivity index (χ2v) is 6.91. The van der Waals surface area contributed by atoms with Gasteiger partial charge in [0.1, 0.15) is 0 Å². The van der Waals surface area contributed by atoms with Crippen LogP contribution in [0, 0.1) is 20.8 Å². The van der Waals surface area contributed by atoms with Crippen LogP contribution in [0.3, 0.4) is 0 Å². The zero-order valence-corrected chi connectivity index (χ0v) is 19.7. The minimum absolute atomic E-state index is 0. The van der Waals surface area contributed by atoms with Crippen LogP contribution < -0.4 is 24.8 Å². The first-order chi connectivity index (χ1) is 11.5. The van der Waals surface area contributed by atoms with Crippen molar-refractivity contribution >= 4 is 11.3 Å². The number of allylic oxidation sites excluding steroid dienone is 4. The molecule has 0 spiro atoms. The fourth-order valence-electron chi connectivity index (χ4n) is 3.71. The molecule has 0 heterocycles. The SMILES string of the molecule is CC1=C(c2ccccc2C(C)[N-]c2c(C)cc(C)cc2C)CC=C1.[Cl-].[Cl-].[Ti+3]. The van der Waals surface area contributed by atoms with Gasteiger partial charge in [0, 0.05) is 0 Å². The quantitative estimate of drug-likeness (QED) is 0.640. The molecule has 2 aromatic carbocycles. The largest absolute Gasteiger partial charge is 3.00 e. The Morgan fingerprint density at radius 2 is 1.52 bits per heavy atom. The number of hydrogen-bond donors (Lipinski definition) is 0. The molecule has 1 nitrogen and oxygen atoms in total. The number of nitrogens with zero attached hydrogens (tertiary/aromatic N) is 1. The van der Waals surface area contributed by atoms with Gasteiger partial charge in [-0.2, -0.15) is 0 Å². The Balaban J connectivity index is 0.00000225. The molecule has 141 valence electrons. The number of hydrogen-bond acceptors (Lipinski definition) is 0. The smallest absolute Gasteiger partial charge is 1.00 e. The first-order valence-electron chi connectivity index (χ1n) is 8.71. The summed E-state index contributed by atoms with van der Waals surface area (Å²) in [6, 6.07) is 13.3. The maximum absolute atomic E-state index is 5.08. The van der Waals surface area contributed by atoms with Crippen molar-refractivity contribution in [2.24, 2.45) is 0 Å². The van der Waals surface area contributed by atoms with E-state index in [-0.39, 0.29) is 52.6 Å². The van der Waals surface area contributed by atoms with Crippen LogP contribution in [-0.4, -0.2) is 0 Å². The van der Waals surface area contributed by atoms with E-state index in [4.69, 9.17) is 5.32 Å². The maximum Gasteiger partial charge on any atom is 3.00 e. The summed E-state index contributed by atoms with van der Waals surface area (Å²) in [7, 11) is 0. The van der Waals surface area contributed by atoms with E-state index in [0.717, 1.165) is 12.1 Å². The second kappa shape index (κ2) is 11.1. The number of aryl methyl sites for hydroxylation is 3. The molecule has 1 unspecified atom stereocenters. The van der Waals surface area contributed by atoms with Gasteiger partial charge in [-0.1, -0.05) is 83.8 Å². The van der Waals surface area contributed by atoms with Crippen molar-refractivity contribution in [3.05, 3.63) is 87.3 Å². The Bertz CT molecular complexity index is 817. The summed E-state index contributed by atoms with van der Waals surface area (Å²) in [6.07, 6.45) is 5.50. The van der Waals surface area contributed by atoms with Gasteiger partial charge in [-0.3, -0.25) is 0 Å². The van der Waals surface area contributed by atoms with Crippen LogP contribution in [0.4, 0.5) is 5.69 Å². The van der Waals surface area contributed by atoms with Crippen molar-refractivity contribution in [2.75, 3.05) is 0 Å². The fraction of sp³-hybridized carbons (Fsp3) is 0.304. The minimum Gasteiger partial charge on any atom is -1.00 e. The predicted molar refractivity (Wildman–Crippen MR) is 105 cm³/mol. The Hall–Kier alpha value is -0.986. The molecule has 0 bridgehead atoms. The monoisotopic (exact) mass is 434 g/mol. The molecule has 0 aliphatic heterocycles. The molecule has 27 heavy (non-hydrogen) atoms. The van der Waals surface area contributed by atoms with E-state index in [9.17, 15) is 0 Å². The van der Waals surface area contributed by atoms with Gasteiger partial charge < -0.3 is 30.1 Å². The summed E-state index contributed by atoms with van der Waals surface area (Å²) in [5, 5.41) is 5.08. The number of halogens is 2. The van der Waals surface area contributed by atoms with E-state index < -0.39 is 0 Å². The van der Waals surface area contributed by atoms with E-state index in [1.807, 2.05) is 0 Å². The Morgan fingerprint density at radius 1 is 0.926 bits per heavy atom. The van der Waals surface area contributed by atoms with Gasteiger partial charge in [0.2, 0.25) is 0 Å². The van der Waals surface area contributed by atoms with Crippen molar-refractivity contribution in [3.8, 4) is 0 Å². The fourth-order valence-corrected chi connectivity index (χ4v) is 3.71. The first-order valence-corrected chi connectivity index (χ1v) is 8.71. The van der Waals surface area contributed by atoms with Crippen molar-refractivity contribution in [1.29, 1.82) is 0 Å². The molecule has 0 saturated heterocycles. The molecule has 0 N–H and O–H groups in total. The third kappa shape index (κ3) is 5.75. The Morgan fingerprint density at radius 3 is 2.07 bits per heavy atom. The van der Waals surface area contributed by atoms with Crippen LogP contribution in [0.5, 0.6) is 0 Å². The molecule has 1 radical (unpaired) electrons. The Labute approximate surface area is 191 Å². The van der Waals surface area contributed by atoms with E-state index in [1.54, 1.807) is 0 Å².